The highest BCUT2D eigenvalue weighted by Crippen LogP contribution is 2.36. The summed E-state index contributed by atoms with van der Waals surface area (Å²) in [4.78, 5) is 27.9. The van der Waals surface area contributed by atoms with Crippen molar-refractivity contribution < 1.29 is 22.4 Å². The van der Waals surface area contributed by atoms with Gasteiger partial charge in [-0.3, -0.25) is 14.3 Å². The third-order valence-electron chi connectivity index (χ3n) is 5.24. The number of nitrogens with one attached hydrogen (secondary N) is 2. The van der Waals surface area contributed by atoms with E-state index in [2.05, 4.69) is 14.9 Å². The van der Waals surface area contributed by atoms with Crippen LogP contribution in [0.4, 0.5) is 15.1 Å². The molecular weight excluding hydrogens is 467 g/mol. The lowest BCUT2D eigenvalue weighted by Gasteiger charge is -2.22. The van der Waals surface area contributed by atoms with Gasteiger partial charge in [0.15, 0.2) is 0 Å². The zero-order valence-corrected chi connectivity index (χ0v) is 19.2. The number of hydrogen-bond donors (Lipinski definition) is 3. The number of sulfonamides is 1. The van der Waals surface area contributed by atoms with Crippen LogP contribution in [0.15, 0.2) is 53.4 Å². The fourth-order valence-electron chi connectivity index (χ4n) is 3.57. The number of benzene rings is 2. The van der Waals surface area contributed by atoms with Gasteiger partial charge in [-0.05, 0) is 67.6 Å². The Bertz CT molecular complexity index is 1320. The Hall–Kier alpha value is -3.28. The van der Waals surface area contributed by atoms with Crippen molar-refractivity contribution in [3.63, 3.8) is 0 Å². The third kappa shape index (κ3) is 4.90. The van der Waals surface area contributed by atoms with Crippen LogP contribution < -0.4 is 15.8 Å². The largest absolute Gasteiger partial charge is 0.365 e. The van der Waals surface area contributed by atoms with E-state index in [1.165, 1.54) is 35.6 Å². The van der Waals surface area contributed by atoms with Crippen molar-refractivity contribution in [3.05, 3.63) is 75.9 Å². The van der Waals surface area contributed by atoms with Crippen molar-refractivity contribution in [2.24, 2.45) is 5.73 Å². The molecule has 0 unspecified atom stereocenters. The Balaban J connectivity index is 1.50. The molecule has 1 aliphatic rings. The summed E-state index contributed by atoms with van der Waals surface area (Å²) >= 11 is 1.33. The van der Waals surface area contributed by atoms with E-state index in [1.807, 2.05) is 7.05 Å². The first kappa shape index (κ1) is 22.9. The molecule has 0 bridgehead atoms. The molecule has 0 saturated heterocycles. The molecule has 11 heteroatoms. The van der Waals surface area contributed by atoms with Gasteiger partial charge in [0, 0.05) is 29.2 Å². The zero-order valence-electron chi connectivity index (χ0n) is 17.6. The Labute approximate surface area is 194 Å². The minimum atomic E-state index is -3.90. The van der Waals surface area contributed by atoms with E-state index in [9.17, 15) is 22.4 Å². The van der Waals surface area contributed by atoms with E-state index in [0.29, 0.717) is 23.5 Å². The molecule has 33 heavy (non-hydrogen) atoms. The Kier molecular flexibility index (Phi) is 6.19. The Morgan fingerprint density at radius 1 is 1.09 bits per heavy atom. The van der Waals surface area contributed by atoms with Gasteiger partial charge in [0.2, 0.25) is 0 Å². The molecule has 0 spiro atoms. The van der Waals surface area contributed by atoms with E-state index < -0.39 is 27.7 Å². The lowest BCUT2D eigenvalue weighted by atomic mass is 10.0. The van der Waals surface area contributed by atoms with E-state index in [1.54, 1.807) is 0 Å². The second-order valence-corrected chi connectivity index (χ2v) is 10.4. The second-order valence-electron chi connectivity index (χ2n) is 7.65. The van der Waals surface area contributed by atoms with Gasteiger partial charge in [-0.15, -0.1) is 11.3 Å². The van der Waals surface area contributed by atoms with Crippen molar-refractivity contribution in [3.8, 4) is 0 Å². The molecule has 4 rings (SSSR count). The summed E-state index contributed by atoms with van der Waals surface area (Å²) in [5.74, 6) is -1.57. The third-order valence-corrected chi connectivity index (χ3v) is 7.77. The van der Waals surface area contributed by atoms with E-state index in [4.69, 9.17) is 5.73 Å². The summed E-state index contributed by atoms with van der Waals surface area (Å²) in [6.45, 7) is 1.48. The molecule has 2 heterocycles. The molecule has 8 nitrogen and oxygen atoms in total. The van der Waals surface area contributed by atoms with Crippen LogP contribution in [-0.2, 0) is 23.0 Å². The number of fused-ring (bicyclic) bond motifs is 1. The molecule has 0 saturated carbocycles. The molecule has 0 aliphatic carbocycles. The first-order valence-corrected chi connectivity index (χ1v) is 12.3. The summed E-state index contributed by atoms with van der Waals surface area (Å²) < 4.78 is 40.3. The van der Waals surface area contributed by atoms with Gasteiger partial charge in [0.25, 0.3) is 21.8 Å². The van der Waals surface area contributed by atoms with E-state index in [0.717, 1.165) is 41.3 Å². The fourth-order valence-corrected chi connectivity index (χ4v) is 5.96. The van der Waals surface area contributed by atoms with Crippen LogP contribution in [-0.4, -0.2) is 38.7 Å². The van der Waals surface area contributed by atoms with Crippen molar-refractivity contribution in [2.75, 3.05) is 23.6 Å². The number of halogens is 1. The summed E-state index contributed by atoms with van der Waals surface area (Å²) in [7, 11) is -1.92. The monoisotopic (exact) mass is 488 g/mol. The number of anilines is 2. The Morgan fingerprint density at radius 3 is 2.39 bits per heavy atom. The average Bonchev–Trinajstić information content (AvgIpc) is 3.11. The van der Waals surface area contributed by atoms with Crippen LogP contribution in [0.5, 0.6) is 0 Å². The lowest BCUT2D eigenvalue weighted by molar-refractivity contribution is 0.1000. The van der Waals surface area contributed by atoms with Crippen LogP contribution >= 0.6 is 11.3 Å². The van der Waals surface area contributed by atoms with Crippen molar-refractivity contribution in [2.45, 2.75) is 17.9 Å². The maximum Gasteiger partial charge on any atom is 0.261 e. The van der Waals surface area contributed by atoms with E-state index in [-0.39, 0.29) is 16.1 Å². The summed E-state index contributed by atoms with van der Waals surface area (Å²) in [6.07, 6.45) is 0.680. The molecule has 1 aromatic heterocycles. The number of amides is 2. The maximum absolute atomic E-state index is 13.1. The van der Waals surface area contributed by atoms with Crippen LogP contribution in [0.1, 0.15) is 31.2 Å². The van der Waals surface area contributed by atoms with Gasteiger partial charge in [0.05, 0.1) is 10.5 Å². The highest BCUT2D eigenvalue weighted by atomic mass is 32.2. The molecule has 0 fully saturated rings. The standard InChI is InChI=1S/C22H21FN4O4S2/c1-27-11-10-17-18(12-27)32-22(19(17)20(24)28)25-21(29)13-2-6-15(7-3-13)26-33(30,31)16-8-4-14(23)5-9-16/h2-9,26H,10-12H2,1H3,(H2,24,28)(H,25,29). The van der Waals surface area contributed by atoms with Crippen LogP contribution in [0, 0.1) is 5.82 Å². The molecule has 2 amide bonds. The highest BCUT2D eigenvalue weighted by molar-refractivity contribution is 7.92. The molecule has 172 valence electrons. The maximum atomic E-state index is 13.1. The van der Waals surface area contributed by atoms with Gasteiger partial charge >= 0.3 is 0 Å². The minimum absolute atomic E-state index is 0.0861. The number of rotatable bonds is 6. The Morgan fingerprint density at radius 2 is 1.76 bits per heavy atom. The van der Waals surface area contributed by atoms with Gasteiger partial charge in [-0.1, -0.05) is 0 Å². The quantitative estimate of drug-likeness (QED) is 0.492. The summed E-state index contributed by atoms with van der Waals surface area (Å²) in [5.41, 5.74) is 7.33. The number of carbonyl (C=O) groups is 2. The van der Waals surface area contributed by atoms with Crippen LogP contribution in [0.25, 0.3) is 0 Å². The van der Waals surface area contributed by atoms with Crippen LogP contribution in [0.2, 0.25) is 0 Å². The molecule has 2 aromatic carbocycles. The second kappa shape index (κ2) is 8.93. The summed E-state index contributed by atoms with van der Waals surface area (Å²) in [6, 6.07) is 10.2. The molecule has 4 N–H and O–H groups in total. The topological polar surface area (TPSA) is 122 Å². The summed E-state index contributed by atoms with van der Waals surface area (Å²) in [5, 5.41) is 3.18. The minimum Gasteiger partial charge on any atom is -0.365 e. The van der Waals surface area contributed by atoms with E-state index >= 15 is 0 Å². The predicted molar refractivity (Wildman–Crippen MR) is 124 cm³/mol. The van der Waals surface area contributed by atoms with Crippen molar-refractivity contribution >= 4 is 43.9 Å². The normalized spacial score (nSPS) is 13.9. The number of nitrogens with zero attached hydrogens (tertiary/aromatic N) is 1. The predicted octanol–water partition coefficient (Wildman–Crippen LogP) is 3.03. The average molecular weight is 489 g/mol. The fraction of sp³-hybridized carbons (Fsp3) is 0.182. The van der Waals surface area contributed by atoms with Gasteiger partial charge in [-0.2, -0.15) is 0 Å². The van der Waals surface area contributed by atoms with Crippen molar-refractivity contribution in [1.29, 1.82) is 0 Å². The number of likely N-dealkylation sites (N-methyl/N-ethyl adjacent to an activating group) is 1. The highest BCUT2D eigenvalue weighted by Gasteiger charge is 2.26. The van der Waals surface area contributed by atoms with Gasteiger partial charge in [0.1, 0.15) is 10.8 Å². The molecule has 0 atom stereocenters. The van der Waals surface area contributed by atoms with Gasteiger partial charge < -0.3 is 16.0 Å². The van der Waals surface area contributed by atoms with Gasteiger partial charge in [-0.25, -0.2) is 12.8 Å². The SMILES string of the molecule is CN1CCc2c(sc(NC(=O)c3ccc(NS(=O)(=O)c4ccc(F)cc4)cc3)c2C(N)=O)C1. The lowest BCUT2D eigenvalue weighted by Crippen LogP contribution is -2.27. The van der Waals surface area contributed by atoms with Crippen molar-refractivity contribution in [1.82, 2.24) is 4.90 Å². The molecular formula is C22H21FN4O4S2. The number of hydrogen-bond acceptors (Lipinski definition) is 6. The molecule has 1 aliphatic heterocycles. The zero-order chi connectivity index (χ0) is 23.8. The number of thiophene rings is 1. The number of primary amides is 1. The molecule has 0 radical (unpaired) electrons. The first-order valence-electron chi connectivity index (χ1n) is 9.97. The van der Waals surface area contributed by atoms with Crippen LogP contribution in [0.3, 0.4) is 0 Å². The first-order chi connectivity index (χ1) is 15.6. The number of carbonyl (C=O) groups excluding carboxylic acids is 2. The number of nitrogens with two attached hydrogens (primary N) is 1. The molecule has 3 aromatic rings. The smallest absolute Gasteiger partial charge is 0.261 e.